The second-order valence-corrected chi connectivity index (χ2v) is 5.41. The molecule has 2 rings (SSSR count). The van der Waals surface area contributed by atoms with E-state index in [2.05, 4.69) is 34.2 Å². The first-order valence-corrected chi connectivity index (χ1v) is 7.37. The monoisotopic (exact) mass is 280 g/mol. The minimum absolute atomic E-state index is 0.694. The zero-order valence-electron chi connectivity index (χ0n) is 11.6. The predicted octanol–water partition coefficient (Wildman–Crippen LogP) is 2.58. The molecule has 0 radical (unpaired) electrons. The van der Waals surface area contributed by atoms with Crippen molar-refractivity contribution in [2.45, 2.75) is 33.9 Å². The molecule has 19 heavy (non-hydrogen) atoms. The Bertz CT molecular complexity index is 504. The summed E-state index contributed by atoms with van der Waals surface area (Å²) < 4.78 is 5.15. The number of nitrogens with zero attached hydrogens (tertiary/aromatic N) is 3. The molecule has 0 amide bonds. The molecule has 5 nitrogen and oxygen atoms in total. The Morgan fingerprint density at radius 2 is 2.11 bits per heavy atom. The summed E-state index contributed by atoms with van der Waals surface area (Å²) in [6, 6.07) is 1.95. The number of nitrogens with one attached hydrogen (secondary N) is 1. The number of aromatic nitrogens is 2. The van der Waals surface area contributed by atoms with Gasteiger partial charge in [-0.2, -0.15) is 0 Å². The summed E-state index contributed by atoms with van der Waals surface area (Å²) >= 11 is 1.74. The van der Waals surface area contributed by atoms with Crippen LogP contribution < -0.4 is 10.2 Å². The van der Waals surface area contributed by atoms with E-state index < -0.39 is 0 Å². The number of rotatable bonds is 7. The van der Waals surface area contributed by atoms with Crippen LogP contribution in [0.2, 0.25) is 0 Å². The Morgan fingerprint density at radius 1 is 1.32 bits per heavy atom. The lowest BCUT2D eigenvalue weighted by Gasteiger charge is -2.16. The first-order chi connectivity index (χ1) is 9.22. The molecule has 6 heteroatoms. The molecular formula is C13H20N4OS. The quantitative estimate of drug-likeness (QED) is 0.845. The fraction of sp³-hybridized carbons (Fsp3) is 0.538. The molecule has 0 aliphatic rings. The predicted molar refractivity (Wildman–Crippen MR) is 77.5 cm³/mol. The second kappa shape index (κ2) is 6.68. The Kier molecular flexibility index (Phi) is 4.93. The van der Waals surface area contributed by atoms with Gasteiger partial charge in [0.15, 0.2) is 10.9 Å². The number of hydrogen-bond donors (Lipinski definition) is 1. The summed E-state index contributed by atoms with van der Waals surface area (Å²) in [5.74, 6) is 0.867. The fourth-order valence-electron chi connectivity index (χ4n) is 1.83. The molecule has 0 aliphatic heterocycles. The molecule has 0 fully saturated rings. The summed E-state index contributed by atoms with van der Waals surface area (Å²) in [7, 11) is 0. The van der Waals surface area contributed by atoms with Gasteiger partial charge in [0.05, 0.1) is 12.2 Å². The van der Waals surface area contributed by atoms with Gasteiger partial charge in [0.2, 0.25) is 0 Å². The minimum atomic E-state index is 0.694. The summed E-state index contributed by atoms with van der Waals surface area (Å²) in [4.78, 5) is 7.95. The van der Waals surface area contributed by atoms with Crippen molar-refractivity contribution in [1.29, 1.82) is 0 Å². The molecule has 0 unspecified atom stereocenters. The van der Waals surface area contributed by atoms with Gasteiger partial charge in [-0.05, 0) is 20.8 Å². The maximum Gasteiger partial charge on any atom is 0.185 e. The van der Waals surface area contributed by atoms with E-state index in [-0.39, 0.29) is 0 Å². The van der Waals surface area contributed by atoms with Crippen LogP contribution in [0.4, 0.5) is 5.13 Å². The van der Waals surface area contributed by atoms with Crippen LogP contribution >= 0.6 is 11.3 Å². The summed E-state index contributed by atoms with van der Waals surface area (Å²) in [6.07, 6.45) is 1.94. The molecule has 2 aromatic heterocycles. The van der Waals surface area contributed by atoms with Crippen molar-refractivity contribution < 1.29 is 4.52 Å². The van der Waals surface area contributed by atoms with Gasteiger partial charge in [0, 0.05) is 36.8 Å². The lowest BCUT2D eigenvalue weighted by molar-refractivity contribution is 0.369. The molecule has 0 aliphatic carbocycles. The molecule has 0 saturated heterocycles. The smallest absolute Gasteiger partial charge is 0.185 e. The van der Waals surface area contributed by atoms with Gasteiger partial charge >= 0.3 is 0 Å². The topological polar surface area (TPSA) is 54.2 Å². The van der Waals surface area contributed by atoms with Crippen LogP contribution in [0, 0.1) is 6.92 Å². The minimum Gasteiger partial charge on any atom is -0.360 e. The first-order valence-electron chi connectivity index (χ1n) is 6.55. The molecule has 104 valence electrons. The Morgan fingerprint density at radius 3 is 2.74 bits per heavy atom. The van der Waals surface area contributed by atoms with Crippen LogP contribution in [-0.2, 0) is 13.1 Å². The number of thiazole rings is 1. The average Bonchev–Trinajstić information content (AvgIpc) is 3.01. The third-order valence-electron chi connectivity index (χ3n) is 2.85. The van der Waals surface area contributed by atoms with Gasteiger partial charge in [0.1, 0.15) is 0 Å². The van der Waals surface area contributed by atoms with E-state index in [0.29, 0.717) is 6.54 Å². The van der Waals surface area contributed by atoms with Crippen molar-refractivity contribution in [1.82, 2.24) is 15.5 Å². The SMILES string of the molecule is CCN(CC)c1ncc(CNCc2cc(C)no2)s1. The fourth-order valence-corrected chi connectivity index (χ4v) is 2.83. The summed E-state index contributed by atoms with van der Waals surface area (Å²) in [5, 5.41) is 8.29. The number of aryl methyl sites for hydroxylation is 1. The van der Waals surface area contributed by atoms with E-state index in [1.165, 1.54) is 4.88 Å². The highest BCUT2D eigenvalue weighted by molar-refractivity contribution is 7.15. The Hall–Kier alpha value is -1.40. The van der Waals surface area contributed by atoms with Crippen molar-refractivity contribution in [3.8, 4) is 0 Å². The van der Waals surface area contributed by atoms with Crippen LogP contribution in [0.15, 0.2) is 16.8 Å². The van der Waals surface area contributed by atoms with Gasteiger partial charge in [0.25, 0.3) is 0 Å². The molecule has 0 aromatic carbocycles. The Labute approximate surface area is 117 Å². The van der Waals surface area contributed by atoms with E-state index >= 15 is 0 Å². The highest BCUT2D eigenvalue weighted by Crippen LogP contribution is 2.22. The van der Waals surface area contributed by atoms with Crippen molar-refractivity contribution in [3.63, 3.8) is 0 Å². The van der Waals surface area contributed by atoms with Crippen LogP contribution in [0.3, 0.4) is 0 Å². The van der Waals surface area contributed by atoms with E-state index in [9.17, 15) is 0 Å². The number of anilines is 1. The van der Waals surface area contributed by atoms with Gasteiger partial charge in [-0.15, -0.1) is 11.3 Å². The molecule has 2 heterocycles. The second-order valence-electron chi connectivity index (χ2n) is 4.32. The average molecular weight is 280 g/mol. The Balaban J connectivity index is 1.83. The molecule has 1 N–H and O–H groups in total. The molecular weight excluding hydrogens is 260 g/mol. The number of hydrogen-bond acceptors (Lipinski definition) is 6. The van der Waals surface area contributed by atoms with Gasteiger partial charge in [-0.25, -0.2) is 4.98 Å². The third-order valence-corrected chi connectivity index (χ3v) is 3.91. The highest BCUT2D eigenvalue weighted by atomic mass is 32.1. The van der Waals surface area contributed by atoms with Crippen LogP contribution in [-0.4, -0.2) is 23.2 Å². The lowest BCUT2D eigenvalue weighted by atomic mass is 10.4. The van der Waals surface area contributed by atoms with Crippen molar-refractivity contribution in [2.75, 3.05) is 18.0 Å². The van der Waals surface area contributed by atoms with Crippen LogP contribution in [0.1, 0.15) is 30.2 Å². The van der Waals surface area contributed by atoms with Gasteiger partial charge in [-0.3, -0.25) is 0 Å². The lowest BCUT2D eigenvalue weighted by Crippen LogP contribution is -2.21. The van der Waals surface area contributed by atoms with Crippen LogP contribution in [0.25, 0.3) is 0 Å². The summed E-state index contributed by atoms with van der Waals surface area (Å²) in [6.45, 7) is 9.71. The van der Waals surface area contributed by atoms with E-state index in [1.807, 2.05) is 19.2 Å². The maximum absolute atomic E-state index is 5.15. The molecule has 0 spiro atoms. The van der Waals surface area contributed by atoms with Gasteiger partial charge < -0.3 is 14.7 Å². The van der Waals surface area contributed by atoms with Crippen LogP contribution in [0.5, 0.6) is 0 Å². The third kappa shape index (κ3) is 3.78. The van der Waals surface area contributed by atoms with Gasteiger partial charge in [-0.1, -0.05) is 5.16 Å². The van der Waals surface area contributed by atoms with Crippen molar-refractivity contribution in [3.05, 3.63) is 28.6 Å². The zero-order chi connectivity index (χ0) is 13.7. The van der Waals surface area contributed by atoms with E-state index in [4.69, 9.17) is 4.52 Å². The zero-order valence-corrected chi connectivity index (χ0v) is 12.5. The highest BCUT2D eigenvalue weighted by Gasteiger charge is 2.07. The molecule has 0 atom stereocenters. The first kappa shape index (κ1) is 14.0. The molecule has 0 bridgehead atoms. The maximum atomic E-state index is 5.15. The molecule has 0 saturated carbocycles. The normalized spacial score (nSPS) is 10.9. The molecule has 2 aromatic rings. The van der Waals surface area contributed by atoms with E-state index in [1.54, 1.807) is 11.3 Å². The largest absolute Gasteiger partial charge is 0.360 e. The standard InChI is InChI=1S/C13H20N4OS/c1-4-17(5-2)13-15-9-12(19-13)8-14-7-11-6-10(3)16-18-11/h6,9,14H,4-5,7-8H2,1-3H3. The van der Waals surface area contributed by atoms with Crippen molar-refractivity contribution in [2.24, 2.45) is 0 Å². The summed E-state index contributed by atoms with van der Waals surface area (Å²) in [5.41, 5.74) is 0.915. The van der Waals surface area contributed by atoms with Crippen molar-refractivity contribution >= 4 is 16.5 Å². The van der Waals surface area contributed by atoms with E-state index in [0.717, 1.165) is 36.2 Å².